The molecule has 0 amide bonds. The highest BCUT2D eigenvalue weighted by atomic mass is 16.7. The van der Waals surface area contributed by atoms with E-state index in [1.54, 1.807) is 0 Å². The van der Waals surface area contributed by atoms with E-state index in [0.29, 0.717) is 13.2 Å². The minimum Gasteiger partial charge on any atom is -0.450 e. The van der Waals surface area contributed by atoms with E-state index >= 15 is 0 Å². The smallest absolute Gasteiger partial charge is 0.450 e. The van der Waals surface area contributed by atoms with Crippen molar-refractivity contribution in [2.45, 2.75) is 51.4 Å². The van der Waals surface area contributed by atoms with Crippen molar-refractivity contribution in [3.8, 4) is 0 Å². The van der Waals surface area contributed by atoms with Crippen LogP contribution in [0.2, 0.25) is 0 Å². The van der Waals surface area contributed by atoms with Gasteiger partial charge in [-0.3, -0.25) is 0 Å². The maximum Gasteiger partial charge on any atom is 0.505 e. The average Bonchev–Trinajstić information content (AvgIpc) is 2.20. The van der Waals surface area contributed by atoms with E-state index in [0.717, 1.165) is 32.1 Å². The molecule has 0 unspecified atom stereocenters. The third-order valence-corrected chi connectivity index (χ3v) is 2.28. The van der Waals surface area contributed by atoms with Crippen LogP contribution >= 0.6 is 0 Å². The van der Waals surface area contributed by atoms with E-state index < -0.39 is 6.16 Å². The molecule has 0 aromatic rings. The van der Waals surface area contributed by atoms with Crippen molar-refractivity contribution in [2.24, 2.45) is 0 Å². The predicted molar refractivity (Wildman–Crippen MR) is 58.0 cm³/mol. The summed E-state index contributed by atoms with van der Waals surface area (Å²) in [6, 6.07) is 0. The molecule has 0 spiro atoms. The van der Waals surface area contributed by atoms with Gasteiger partial charge in [0.1, 0.15) is 0 Å². The van der Waals surface area contributed by atoms with Crippen molar-refractivity contribution in [3.63, 3.8) is 0 Å². The highest BCUT2D eigenvalue weighted by Gasteiger charge is 1.95. The first-order valence-corrected chi connectivity index (χ1v) is 5.74. The van der Waals surface area contributed by atoms with E-state index in [1.165, 1.54) is 19.3 Å². The fourth-order valence-corrected chi connectivity index (χ4v) is 1.43. The van der Waals surface area contributed by atoms with Gasteiger partial charge in [-0.25, -0.2) is 4.79 Å². The first-order chi connectivity index (χ1) is 7.27. The van der Waals surface area contributed by atoms with Crippen molar-refractivity contribution >= 4 is 6.16 Å². The van der Waals surface area contributed by atoms with Gasteiger partial charge in [0, 0.05) is 6.61 Å². The van der Waals surface area contributed by atoms with Crippen molar-refractivity contribution in [1.82, 2.24) is 0 Å². The number of carbonyl (C=O) groups is 1. The minimum absolute atomic E-state index is 0.298. The number of rotatable bonds is 10. The van der Waals surface area contributed by atoms with Gasteiger partial charge in [-0.15, -0.1) is 0 Å². The molecule has 4 nitrogen and oxygen atoms in total. The molecule has 0 aliphatic carbocycles. The van der Waals surface area contributed by atoms with Gasteiger partial charge in [0.25, 0.3) is 0 Å². The summed E-state index contributed by atoms with van der Waals surface area (Å²) in [6.45, 7) is 0.617. The largest absolute Gasteiger partial charge is 0.505 e. The first-order valence-electron chi connectivity index (χ1n) is 5.74. The quantitative estimate of drug-likeness (QED) is 0.437. The van der Waals surface area contributed by atoms with E-state index in [4.69, 9.17) is 10.2 Å². The molecule has 0 aliphatic rings. The van der Waals surface area contributed by atoms with Gasteiger partial charge in [-0.05, 0) is 12.8 Å². The van der Waals surface area contributed by atoms with Gasteiger partial charge in [0.15, 0.2) is 0 Å². The lowest BCUT2D eigenvalue weighted by molar-refractivity contribution is 0.0899. The second kappa shape index (κ2) is 11.3. The molecule has 0 fully saturated rings. The van der Waals surface area contributed by atoms with Gasteiger partial charge >= 0.3 is 6.16 Å². The molecule has 90 valence electrons. The van der Waals surface area contributed by atoms with E-state index in [9.17, 15) is 4.79 Å². The molecular formula is C11H22O4. The Morgan fingerprint density at radius 3 is 1.80 bits per heavy atom. The Bertz CT molecular complexity index is 148. The Morgan fingerprint density at radius 2 is 1.33 bits per heavy atom. The van der Waals surface area contributed by atoms with Gasteiger partial charge in [0.05, 0.1) is 6.61 Å². The third kappa shape index (κ3) is 13.2. The summed E-state index contributed by atoms with van der Waals surface area (Å²) in [5.41, 5.74) is 0. The van der Waals surface area contributed by atoms with Crippen LogP contribution in [0.25, 0.3) is 0 Å². The molecule has 0 rings (SSSR count). The number of aliphatic hydroxyl groups is 1. The molecule has 0 aromatic heterocycles. The Balaban J connectivity index is 2.89. The molecule has 0 radical (unpaired) electrons. The van der Waals surface area contributed by atoms with Crippen LogP contribution in [0.4, 0.5) is 4.79 Å². The van der Waals surface area contributed by atoms with Crippen LogP contribution in [-0.2, 0) is 4.74 Å². The van der Waals surface area contributed by atoms with Crippen LogP contribution in [0.5, 0.6) is 0 Å². The molecule has 0 atom stereocenters. The van der Waals surface area contributed by atoms with Crippen molar-refractivity contribution in [1.29, 1.82) is 0 Å². The van der Waals surface area contributed by atoms with Crippen LogP contribution < -0.4 is 0 Å². The first kappa shape index (κ1) is 14.2. The molecule has 4 heteroatoms. The van der Waals surface area contributed by atoms with Crippen LogP contribution in [0.1, 0.15) is 51.4 Å². The maximum absolute atomic E-state index is 9.99. The van der Waals surface area contributed by atoms with Crippen molar-refractivity contribution in [2.75, 3.05) is 13.2 Å². The number of ether oxygens (including phenoxy) is 1. The molecule has 0 heterocycles. The van der Waals surface area contributed by atoms with E-state index in [1.807, 2.05) is 0 Å². The van der Waals surface area contributed by atoms with Gasteiger partial charge in [0.2, 0.25) is 0 Å². The zero-order valence-corrected chi connectivity index (χ0v) is 9.28. The Hall–Kier alpha value is -0.770. The summed E-state index contributed by atoms with van der Waals surface area (Å²) >= 11 is 0. The standard InChI is InChI=1S/C11H22O4/c12-9-7-5-3-1-2-4-6-8-10-15-11(13)14/h12H,1-10H2,(H,13,14). The van der Waals surface area contributed by atoms with Crippen LogP contribution in [0.15, 0.2) is 0 Å². The minimum atomic E-state index is -1.18. The summed E-state index contributed by atoms with van der Waals surface area (Å²) in [7, 11) is 0. The normalized spacial score (nSPS) is 10.2. The molecular weight excluding hydrogens is 196 g/mol. The van der Waals surface area contributed by atoms with E-state index in [-0.39, 0.29) is 0 Å². The second-order valence-electron chi connectivity index (χ2n) is 3.67. The zero-order chi connectivity index (χ0) is 11.4. The number of hydrogen-bond acceptors (Lipinski definition) is 3. The fourth-order valence-electron chi connectivity index (χ4n) is 1.43. The zero-order valence-electron chi connectivity index (χ0n) is 9.28. The topological polar surface area (TPSA) is 66.8 Å². The lowest BCUT2D eigenvalue weighted by Crippen LogP contribution is -2.01. The SMILES string of the molecule is O=C(O)OCCCCCCCCCCO. The van der Waals surface area contributed by atoms with Crippen molar-refractivity contribution in [3.05, 3.63) is 0 Å². The van der Waals surface area contributed by atoms with Crippen LogP contribution in [0.3, 0.4) is 0 Å². The van der Waals surface area contributed by atoms with Crippen LogP contribution in [-0.4, -0.2) is 29.6 Å². The van der Waals surface area contributed by atoms with Crippen LogP contribution in [0, 0.1) is 0 Å². The maximum atomic E-state index is 9.99. The highest BCUT2D eigenvalue weighted by Crippen LogP contribution is 2.08. The molecule has 0 bridgehead atoms. The predicted octanol–water partition coefficient (Wildman–Crippen LogP) is 2.79. The lowest BCUT2D eigenvalue weighted by Gasteiger charge is -2.01. The molecule has 2 N–H and O–H groups in total. The van der Waals surface area contributed by atoms with Gasteiger partial charge in [-0.2, -0.15) is 0 Å². The second-order valence-corrected chi connectivity index (χ2v) is 3.67. The fraction of sp³-hybridized carbons (Fsp3) is 0.909. The third-order valence-electron chi connectivity index (χ3n) is 2.28. The highest BCUT2D eigenvalue weighted by molar-refractivity contribution is 5.56. The number of unbranched alkanes of at least 4 members (excludes halogenated alkanes) is 7. The number of hydrogen-bond donors (Lipinski definition) is 2. The summed E-state index contributed by atoms with van der Waals surface area (Å²) < 4.78 is 4.39. The lowest BCUT2D eigenvalue weighted by atomic mass is 10.1. The monoisotopic (exact) mass is 218 g/mol. The van der Waals surface area contributed by atoms with Crippen molar-refractivity contribution < 1.29 is 19.7 Å². The molecule has 0 aromatic carbocycles. The molecule has 0 saturated carbocycles. The molecule has 0 saturated heterocycles. The summed E-state index contributed by atoms with van der Waals surface area (Å²) in [5, 5.41) is 16.7. The summed E-state index contributed by atoms with van der Waals surface area (Å²) in [6.07, 6.45) is 7.42. The molecule has 15 heavy (non-hydrogen) atoms. The van der Waals surface area contributed by atoms with Gasteiger partial charge in [-0.1, -0.05) is 38.5 Å². The van der Waals surface area contributed by atoms with Gasteiger partial charge < -0.3 is 14.9 Å². The Morgan fingerprint density at radius 1 is 0.867 bits per heavy atom. The Kier molecular flexibility index (Phi) is 10.7. The van der Waals surface area contributed by atoms with E-state index in [2.05, 4.69) is 4.74 Å². The summed E-state index contributed by atoms with van der Waals surface area (Å²) in [5.74, 6) is 0. The summed E-state index contributed by atoms with van der Waals surface area (Å²) in [4.78, 5) is 9.99. The number of carboxylic acid groups (broad SMARTS) is 1. The molecule has 0 aliphatic heterocycles. The number of aliphatic hydroxyl groups excluding tert-OH is 1. The average molecular weight is 218 g/mol. The Labute approximate surface area is 91.3 Å².